The molecule has 4 nitrogen and oxygen atoms in total. The fourth-order valence-corrected chi connectivity index (χ4v) is 3.24. The van der Waals surface area contributed by atoms with Crippen molar-refractivity contribution in [3.8, 4) is 0 Å². The molecule has 0 radical (unpaired) electrons. The monoisotopic (exact) mass is 325 g/mol. The van der Waals surface area contributed by atoms with E-state index in [1.807, 2.05) is 17.2 Å². The Balaban J connectivity index is 1.73. The van der Waals surface area contributed by atoms with E-state index in [1.165, 1.54) is 12.8 Å². The van der Waals surface area contributed by atoms with Crippen molar-refractivity contribution in [3.05, 3.63) is 22.4 Å². The van der Waals surface area contributed by atoms with Crippen LogP contribution in [0.25, 0.3) is 0 Å². The summed E-state index contributed by atoms with van der Waals surface area (Å²) >= 11 is 3.48. The molecule has 0 unspecified atom stereocenters. The highest BCUT2D eigenvalue weighted by molar-refractivity contribution is 9.10. The van der Waals surface area contributed by atoms with Crippen molar-refractivity contribution in [1.29, 1.82) is 0 Å². The third-order valence-corrected chi connectivity index (χ3v) is 4.64. The number of hydrogen-bond acceptors (Lipinski definition) is 2. The number of nitrogens with two attached hydrogens (primary N) is 1. The second-order valence-electron chi connectivity index (χ2n) is 5.65. The molecule has 1 saturated carbocycles. The summed E-state index contributed by atoms with van der Waals surface area (Å²) in [5, 5.41) is 0. The molecule has 1 aliphatic carbocycles. The number of likely N-dealkylation sites (tertiary alicyclic amines) is 1. The van der Waals surface area contributed by atoms with E-state index >= 15 is 0 Å². The summed E-state index contributed by atoms with van der Waals surface area (Å²) in [5.41, 5.74) is 6.53. The van der Waals surface area contributed by atoms with Gasteiger partial charge in [-0.2, -0.15) is 0 Å². The van der Waals surface area contributed by atoms with Crippen LogP contribution in [0.5, 0.6) is 0 Å². The van der Waals surface area contributed by atoms with Crippen LogP contribution >= 0.6 is 15.9 Å². The molecule has 0 atom stereocenters. The molecule has 1 amide bonds. The topological polar surface area (TPSA) is 51.3 Å². The molecule has 2 fully saturated rings. The van der Waals surface area contributed by atoms with E-state index < -0.39 is 0 Å². The van der Waals surface area contributed by atoms with Crippen LogP contribution in [-0.4, -0.2) is 35.0 Å². The summed E-state index contributed by atoms with van der Waals surface area (Å²) < 4.78 is 3.14. The van der Waals surface area contributed by atoms with E-state index in [4.69, 9.17) is 5.73 Å². The van der Waals surface area contributed by atoms with Gasteiger partial charge in [0.1, 0.15) is 5.69 Å². The van der Waals surface area contributed by atoms with Crippen LogP contribution in [0.4, 0.5) is 0 Å². The average Bonchev–Trinajstić information content (AvgIpc) is 3.21. The molecule has 5 heteroatoms. The lowest BCUT2D eigenvalue weighted by Crippen LogP contribution is -2.40. The summed E-state index contributed by atoms with van der Waals surface area (Å²) in [6.45, 7) is 2.42. The lowest BCUT2D eigenvalue weighted by Gasteiger charge is -2.31. The van der Waals surface area contributed by atoms with Gasteiger partial charge in [0.25, 0.3) is 5.91 Å². The van der Waals surface area contributed by atoms with Gasteiger partial charge in [0.05, 0.1) is 0 Å². The molecule has 0 bridgehead atoms. The Morgan fingerprint density at radius 1 is 1.32 bits per heavy atom. The lowest BCUT2D eigenvalue weighted by atomic mass is 9.97. The second kappa shape index (κ2) is 5.29. The highest BCUT2D eigenvalue weighted by Gasteiger charge is 2.30. The zero-order valence-corrected chi connectivity index (χ0v) is 12.6. The van der Waals surface area contributed by atoms with Crippen LogP contribution in [0, 0.1) is 5.92 Å². The molecule has 104 valence electrons. The first-order valence-corrected chi connectivity index (χ1v) is 7.85. The number of amides is 1. The lowest BCUT2D eigenvalue weighted by molar-refractivity contribution is 0.0682. The van der Waals surface area contributed by atoms with Crippen LogP contribution in [-0.2, 0) is 0 Å². The van der Waals surface area contributed by atoms with E-state index in [-0.39, 0.29) is 5.91 Å². The van der Waals surface area contributed by atoms with Crippen molar-refractivity contribution >= 4 is 21.8 Å². The predicted molar refractivity (Wildman–Crippen MR) is 78.1 cm³/mol. The molecule has 1 aliphatic heterocycles. The maximum absolute atomic E-state index is 12.6. The van der Waals surface area contributed by atoms with Gasteiger partial charge in [0, 0.05) is 29.8 Å². The smallest absolute Gasteiger partial charge is 0.270 e. The summed E-state index contributed by atoms with van der Waals surface area (Å²) in [4.78, 5) is 14.6. The Labute approximate surface area is 122 Å². The summed E-state index contributed by atoms with van der Waals surface area (Å²) in [6.07, 6.45) is 6.49. The Morgan fingerprint density at radius 3 is 2.58 bits per heavy atom. The maximum atomic E-state index is 12.6. The number of carbonyl (C=O) groups excluding carboxylic acids is 1. The first-order chi connectivity index (χ1) is 9.19. The number of halogens is 1. The number of carbonyl (C=O) groups is 1. The zero-order valence-electron chi connectivity index (χ0n) is 11.0. The van der Waals surface area contributed by atoms with Gasteiger partial charge in [-0.25, -0.2) is 0 Å². The number of hydrogen-bond donors (Lipinski definition) is 1. The molecule has 1 aromatic rings. The molecular weight excluding hydrogens is 306 g/mol. The first kappa shape index (κ1) is 13.2. The van der Waals surface area contributed by atoms with E-state index in [0.717, 1.165) is 42.6 Å². The molecule has 2 aliphatic rings. The van der Waals surface area contributed by atoms with Gasteiger partial charge in [-0.3, -0.25) is 4.79 Å². The van der Waals surface area contributed by atoms with Gasteiger partial charge in [0.15, 0.2) is 0 Å². The van der Waals surface area contributed by atoms with Gasteiger partial charge >= 0.3 is 0 Å². The van der Waals surface area contributed by atoms with Crippen molar-refractivity contribution < 1.29 is 4.79 Å². The van der Waals surface area contributed by atoms with Gasteiger partial charge < -0.3 is 15.2 Å². The SMILES string of the molecule is NCC1CCN(C(=O)c2cc(Br)cn2C2CC2)CC1. The van der Waals surface area contributed by atoms with Crippen molar-refractivity contribution in [3.63, 3.8) is 0 Å². The van der Waals surface area contributed by atoms with Crippen LogP contribution in [0.2, 0.25) is 0 Å². The van der Waals surface area contributed by atoms with Gasteiger partial charge in [-0.05, 0) is 60.1 Å². The normalized spacial score (nSPS) is 20.8. The van der Waals surface area contributed by atoms with Crippen molar-refractivity contribution in [2.24, 2.45) is 11.7 Å². The minimum absolute atomic E-state index is 0.174. The fourth-order valence-electron chi connectivity index (χ4n) is 2.81. The molecule has 0 spiro atoms. The Bertz CT molecular complexity index is 473. The largest absolute Gasteiger partial charge is 0.339 e. The van der Waals surface area contributed by atoms with Gasteiger partial charge in [-0.15, -0.1) is 0 Å². The van der Waals surface area contributed by atoms with Crippen molar-refractivity contribution in [2.45, 2.75) is 31.7 Å². The number of aromatic nitrogens is 1. The van der Waals surface area contributed by atoms with Crippen molar-refractivity contribution in [1.82, 2.24) is 9.47 Å². The third kappa shape index (κ3) is 2.72. The van der Waals surface area contributed by atoms with E-state index in [0.29, 0.717) is 12.0 Å². The minimum atomic E-state index is 0.174. The van der Waals surface area contributed by atoms with Crippen molar-refractivity contribution in [2.75, 3.05) is 19.6 Å². The highest BCUT2D eigenvalue weighted by Crippen LogP contribution is 2.38. The molecule has 19 heavy (non-hydrogen) atoms. The molecule has 0 aromatic carbocycles. The molecule has 2 N–H and O–H groups in total. The molecule has 1 aromatic heterocycles. The standard InChI is InChI=1S/C14H20BrN3O/c15-11-7-13(18(9-11)12-1-2-12)14(19)17-5-3-10(8-16)4-6-17/h7,9-10,12H,1-6,8,16H2. The van der Waals surface area contributed by atoms with E-state index in [1.54, 1.807) is 0 Å². The van der Waals surface area contributed by atoms with Gasteiger partial charge in [0.2, 0.25) is 0 Å². The summed E-state index contributed by atoms with van der Waals surface area (Å²) in [6, 6.07) is 2.49. The Hall–Kier alpha value is -0.810. The Kier molecular flexibility index (Phi) is 3.67. The minimum Gasteiger partial charge on any atom is -0.339 e. The number of piperidine rings is 1. The average molecular weight is 326 g/mol. The number of nitrogens with zero attached hydrogens (tertiary/aromatic N) is 2. The number of rotatable bonds is 3. The molecule has 1 saturated heterocycles. The first-order valence-electron chi connectivity index (χ1n) is 7.05. The van der Waals surface area contributed by atoms with Crippen LogP contribution in [0.3, 0.4) is 0 Å². The third-order valence-electron chi connectivity index (χ3n) is 4.21. The molecular formula is C14H20BrN3O. The maximum Gasteiger partial charge on any atom is 0.270 e. The Morgan fingerprint density at radius 2 is 2.00 bits per heavy atom. The van der Waals surface area contributed by atoms with Crippen LogP contribution in [0.15, 0.2) is 16.7 Å². The van der Waals surface area contributed by atoms with E-state index in [9.17, 15) is 4.79 Å². The second-order valence-corrected chi connectivity index (χ2v) is 6.57. The highest BCUT2D eigenvalue weighted by atomic mass is 79.9. The van der Waals surface area contributed by atoms with Crippen LogP contribution in [0.1, 0.15) is 42.2 Å². The van der Waals surface area contributed by atoms with E-state index in [2.05, 4.69) is 20.5 Å². The molecule has 3 rings (SSSR count). The fraction of sp³-hybridized carbons (Fsp3) is 0.643. The van der Waals surface area contributed by atoms with Gasteiger partial charge in [-0.1, -0.05) is 0 Å². The molecule has 2 heterocycles. The quantitative estimate of drug-likeness (QED) is 0.927. The zero-order chi connectivity index (χ0) is 13.4. The van der Waals surface area contributed by atoms with Crippen LogP contribution < -0.4 is 5.73 Å². The predicted octanol–water partition coefficient (Wildman–Crippen LogP) is 2.40. The summed E-state index contributed by atoms with van der Waals surface area (Å²) in [7, 11) is 0. The summed E-state index contributed by atoms with van der Waals surface area (Å²) in [5.74, 6) is 0.763.